The average Bonchev–Trinajstić information content (AvgIpc) is 2.20. The molecule has 0 aromatic rings. The minimum absolute atomic E-state index is 0.437. The summed E-state index contributed by atoms with van der Waals surface area (Å²) in [6.45, 7) is 6.25. The predicted molar refractivity (Wildman–Crippen MR) is 56.0 cm³/mol. The first-order valence-corrected chi connectivity index (χ1v) is 5.22. The summed E-state index contributed by atoms with van der Waals surface area (Å²) in [5.41, 5.74) is 0.437. The Hall–Kier alpha value is -0.0800. The molecule has 0 aromatic carbocycles. The molecule has 0 aliphatic rings. The smallest absolute Gasteiger partial charge is 0.0467 e. The van der Waals surface area contributed by atoms with Gasteiger partial charge in [-0.05, 0) is 18.3 Å². The fourth-order valence-corrected chi connectivity index (χ4v) is 1.72. The fourth-order valence-electron chi connectivity index (χ4n) is 1.72. The highest BCUT2D eigenvalue weighted by molar-refractivity contribution is 4.76. The topological polar surface area (TPSA) is 18.5 Å². The molecule has 0 heterocycles. The molecule has 0 saturated carbocycles. The highest BCUT2D eigenvalue weighted by atomic mass is 16.5. The van der Waals surface area contributed by atoms with Crippen molar-refractivity contribution in [3.8, 4) is 0 Å². The Morgan fingerprint density at radius 1 is 0.846 bits per heavy atom. The van der Waals surface area contributed by atoms with Gasteiger partial charge in [-0.1, -0.05) is 26.7 Å². The van der Waals surface area contributed by atoms with E-state index >= 15 is 0 Å². The Morgan fingerprint density at radius 2 is 1.23 bits per heavy atom. The molecule has 13 heavy (non-hydrogen) atoms. The van der Waals surface area contributed by atoms with Crippen LogP contribution in [0.15, 0.2) is 0 Å². The van der Waals surface area contributed by atoms with E-state index in [1.54, 1.807) is 14.2 Å². The first kappa shape index (κ1) is 12.9. The lowest BCUT2D eigenvalue weighted by molar-refractivity contribution is 0.0862. The van der Waals surface area contributed by atoms with E-state index in [0.717, 1.165) is 26.1 Å². The monoisotopic (exact) mass is 188 g/mol. The lowest BCUT2D eigenvalue weighted by Crippen LogP contribution is -2.22. The highest BCUT2D eigenvalue weighted by Crippen LogP contribution is 2.34. The van der Waals surface area contributed by atoms with Crippen LogP contribution in [0.1, 0.15) is 39.5 Å². The number of methoxy groups -OCH3 is 2. The van der Waals surface area contributed by atoms with Crippen LogP contribution in [0.25, 0.3) is 0 Å². The molecule has 0 aliphatic carbocycles. The van der Waals surface area contributed by atoms with Gasteiger partial charge >= 0.3 is 0 Å². The minimum atomic E-state index is 0.437. The Kier molecular flexibility index (Phi) is 7.29. The quantitative estimate of drug-likeness (QED) is 0.583. The van der Waals surface area contributed by atoms with Gasteiger partial charge in [0.15, 0.2) is 0 Å². The molecule has 0 bridgehead atoms. The van der Waals surface area contributed by atoms with Crippen LogP contribution in [0.3, 0.4) is 0 Å². The summed E-state index contributed by atoms with van der Waals surface area (Å²) in [4.78, 5) is 0. The van der Waals surface area contributed by atoms with Crippen molar-refractivity contribution in [2.24, 2.45) is 5.41 Å². The maximum atomic E-state index is 5.14. The van der Waals surface area contributed by atoms with E-state index in [4.69, 9.17) is 9.47 Å². The summed E-state index contributed by atoms with van der Waals surface area (Å²) >= 11 is 0. The van der Waals surface area contributed by atoms with Gasteiger partial charge in [-0.2, -0.15) is 0 Å². The molecule has 0 atom stereocenters. The molecule has 0 amide bonds. The van der Waals surface area contributed by atoms with Gasteiger partial charge in [-0.25, -0.2) is 0 Å². The van der Waals surface area contributed by atoms with Crippen molar-refractivity contribution >= 4 is 0 Å². The van der Waals surface area contributed by atoms with Gasteiger partial charge in [-0.15, -0.1) is 0 Å². The maximum Gasteiger partial charge on any atom is 0.0467 e. The van der Waals surface area contributed by atoms with Crippen molar-refractivity contribution < 1.29 is 9.47 Å². The molecule has 0 unspecified atom stereocenters. The van der Waals surface area contributed by atoms with Crippen LogP contribution in [-0.2, 0) is 9.47 Å². The second kappa shape index (κ2) is 7.34. The Labute approximate surface area is 82.6 Å². The number of hydrogen-bond acceptors (Lipinski definition) is 2. The maximum absolute atomic E-state index is 5.14. The Morgan fingerprint density at radius 3 is 1.46 bits per heavy atom. The summed E-state index contributed by atoms with van der Waals surface area (Å²) in [6.07, 6.45) is 4.74. The SMILES string of the molecule is CCC(CC)(CCOC)CCOC. The molecule has 0 spiro atoms. The van der Waals surface area contributed by atoms with Gasteiger partial charge in [0.2, 0.25) is 0 Å². The molecular weight excluding hydrogens is 164 g/mol. The van der Waals surface area contributed by atoms with E-state index in [9.17, 15) is 0 Å². The lowest BCUT2D eigenvalue weighted by Gasteiger charge is -2.31. The third-order valence-electron chi connectivity index (χ3n) is 3.17. The van der Waals surface area contributed by atoms with E-state index in [0.29, 0.717) is 5.41 Å². The average molecular weight is 188 g/mol. The Balaban J connectivity index is 3.97. The molecule has 2 heteroatoms. The summed E-state index contributed by atoms with van der Waals surface area (Å²) in [6, 6.07) is 0. The summed E-state index contributed by atoms with van der Waals surface area (Å²) < 4.78 is 10.3. The summed E-state index contributed by atoms with van der Waals surface area (Å²) in [5.74, 6) is 0. The van der Waals surface area contributed by atoms with E-state index in [2.05, 4.69) is 13.8 Å². The molecule has 0 aliphatic heterocycles. The van der Waals surface area contributed by atoms with Crippen molar-refractivity contribution in [2.45, 2.75) is 39.5 Å². The molecule has 0 radical (unpaired) electrons. The summed E-state index contributed by atoms with van der Waals surface area (Å²) in [5, 5.41) is 0. The number of rotatable bonds is 8. The zero-order valence-electron chi connectivity index (χ0n) is 9.56. The normalized spacial score (nSPS) is 12.0. The van der Waals surface area contributed by atoms with Gasteiger partial charge in [0.25, 0.3) is 0 Å². The van der Waals surface area contributed by atoms with Gasteiger partial charge in [0.05, 0.1) is 0 Å². The minimum Gasteiger partial charge on any atom is -0.385 e. The zero-order valence-corrected chi connectivity index (χ0v) is 9.56. The third-order valence-corrected chi connectivity index (χ3v) is 3.17. The van der Waals surface area contributed by atoms with E-state index < -0.39 is 0 Å². The largest absolute Gasteiger partial charge is 0.385 e. The standard InChI is InChI=1S/C11H24O2/c1-5-11(6-2,7-9-12-3)8-10-13-4/h5-10H2,1-4H3. The molecule has 80 valence electrons. The molecule has 0 N–H and O–H groups in total. The van der Waals surface area contributed by atoms with Crippen molar-refractivity contribution in [2.75, 3.05) is 27.4 Å². The highest BCUT2D eigenvalue weighted by Gasteiger charge is 2.24. The zero-order chi connectivity index (χ0) is 10.2. The van der Waals surface area contributed by atoms with Crippen molar-refractivity contribution in [3.63, 3.8) is 0 Å². The predicted octanol–water partition coefficient (Wildman–Crippen LogP) is 2.87. The molecular formula is C11H24O2. The van der Waals surface area contributed by atoms with Gasteiger partial charge in [0, 0.05) is 27.4 Å². The molecule has 0 fully saturated rings. The molecule has 0 aromatic heterocycles. The second-order valence-corrected chi connectivity index (χ2v) is 3.69. The lowest BCUT2D eigenvalue weighted by atomic mass is 9.77. The third kappa shape index (κ3) is 4.63. The fraction of sp³-hybridized carbons (Fsp3) is 1.00. The van der Waals surface area contributed by atoms with Crippen molar-refractivity contribution in [3.05, 3.63) is 0 Å². The van der Waals surface area contributed by atoms with Crippen LogP contribution < -0.4 is 0 Å². The van der Waals surface area contributed by atoms with E-state index in [1.807, 2.05) is 0 Å². The van der Waals surface area contributed by atoms with Gasteiger partial charge in [-0.3, -0.25) is 0 Å². The molecule has 2 nitrogen and oxygen atoms in total. The first-order chi connectivity index (χ1) is 6.24. The van der Waals surface area contributed by atoms with Crippen LogP contribution >= 0.6 is 0 Å². The summed E-state index contributed by atoms with van der Waals surface area (Å²) in [7, 11) is 3.54. The van der Waals surface area contributed by atoms with Crippen LogP contribution in [0.2, 0.25) is 0 Å². The van der Waals surface area contributed by atoms with Crippen molar-refractivity contribution in [1.29, 1.82) is 0 Å². The van der Waals surface area contributed by atoms with Gasteiger partial charge < -0.3 is 9.47 Å². The van der Waals surface area contributed by atoms with Crippen LogP contribution in [0, 0.1) is 5.41 Å². The van der Waals surface area contributed by atoms with Crippen molar-refractivity contribution in [1.82, 2.24) is 0 Å². The van der Waals surface area contributed by atoms with E-state index in [1.165, 1.54) is 12.8 Å². The van der Waals surface area contributed by atoms with Crippen LogP contribution in [-0.4, -0.2) is 27.4 Å². The number of hydrogen-bond donors (Lipinski definition) is 0. The Bertz CT molecular complexity index is 98.7. The van der Waals surface area contributed by atoms with E-state index in [-0.39, 0.29) is 0 Å². The second-order valence-electron chi connectivity index (χ2n) is 3.69. The molecule has 0 saturated heterocycles. The molecule has 0 rings (SSSR count). The van der Waals surface area contributed by atoms with Crippen LogP contribution in [0.4, 0.5) is 0 Å². The number of ether oxygens (including phenoxy) is 2. The first-order valence-electron chi connectivity index (χ1n) is 5.22. The van der Waals surface area contributed by atoms with Gasteiger partial charge in [0.1, 0.15) is 0 Å². The van der Waals surface area contributed by atoms with Crippen LogP contribution in [0.5, 0.6) is 0 Å².